The maximum Gasteiger partial charge on any atom is 0.315 e. The number of alkyl halides is 2. The Morgan fingerprint density at radius 3 is 1.94 bits per heavy atom. The standard InChI is InChI=1S/C24H42Br2O6/c1-9-29-20(30-10-2)14-12-16-31-21(28)24(8,17-32-18(3)22(4,5)25)15-11-13-19(27)23(6,7)26/h20H,3,9-17H2,1-2,4-8H3. The van der Waals surface area contributed by atoms with Crippen LogP contribution in [0.4, 0.5) is 0 Å². The molecule has 0 aliphatic heterocycles. The van der Waals surface area contributed by atoms with Crippen molar-refractivity contribution in [2.45, 2.75) is 95.5 Å². The van der Waals surface area contributed by atoms with E-state index in [1.807, 2.05) is 48.5 Å². The predicted molar refractivity (Wildman–Crippen MR) is 135 cm³/mol. The van der Waals surface area contributed by atoms with Gasteiger partial charge in [-0.3, -0.25) is 9.59 Å². The second kappa shape index (κ2) is 14.7. The highest BCUT2D eigenvalue weighted by Crippen LogP contribution is 2.32. The summed E-state index contributed by atoms with van der Waals surface area (Å²) in [5.41, 5.74) is -0.892. The quantitative estimate of drug-likeness (QED) is 0.0615. The first kappa shape index (κ1) is 31.6. The van der Waals surface area contributed by atoms with E-state index in [2.05, 4.69) is 38.4 Å². The number of carbonyl (C=O) groups is 2. The lowest BCUT2D eigenvalue weighted by molar-refractivity contribution is -0.161. The summed E-state index contributed by atoms with van der Waals surface area (Å²) in [4.78, 5) is 25.3. The number of rotatable bonds is 18. The van der Waals surface area contributed by atoms with Crippen molar-refractivity contribution in [3.05, 3.63) is 12.3 Å². The van der Waals surface area contributed by atoms with Crippen molar-refractivity contribution >= 4 is 43.6 Å². The fourth-order valence-corrected chi connectivity index (χ4v) is 3.08. The van der Waals surface area contributed by atoms with E-state index >= 15 is 0 Å². The van der Waals surface area contributed by atoms with Crippen molar-refractivity contribution in [1.82, 2.24) is 0 Å². The van der Waals surface area contributed by atoms with Crippen LogP contribution in [0.25, 0.3) is 0 Å². The first-order chi connectivity index (χ1) is 14.7. The Hall–Kier alpha value is -0.440. The van der Waals surface area contributed by atoms with Crippen molar-refractivity contribution in [2.75, 3.05) is 26.4 Å². The van der Waals surface area contributed by atoms with Crippen LogP contribution in [0.2, 0.25) is 0 Å². The third-order valence-electron chi connectivity index (χ3n) is 5.04. The second-order valence-electron chi connectivity index (χ2n) is 9.11. The maximum atomic E-state index is 13.0. The Labute approximate surface area is 211 Å². The number of ketones is 1. The lowest BCUT2D eigenvalue weighted by Crippen LogP contribution is -2.36. The molecule has 0 spiro atoms. The molecule has 0 saturated carbocycles. The minimum Gasteiger partial charge on any atom is -0.496 e. The highest BCUT2D eigenvalue weighted by Gasteiger charge is 2.37. The van der Waals surface area contributed by atoms with Crippen LogP contribution in [-0.2, 0) is 28.5 Å². The Morgan fingerprint density at radius 1 is 0.906 bits per heavy atom. The maximum absolute atomic E-state index is 13.0. The van der Waals surface area contributed by atoms with Crippen LogP contribution >= 0.6 is 31.9 Å². The lowest BCUT2D eigenvalue weighted by Gasteiger charge is -2.30. The van der Waals surface area contributed by atoms with Crippen LogP contribution in [0.15, 0.2) is 12.3 Å². The summed E-state index contributed by atoms with van der Waals surface area (Å²) in [6.07, 6.45) is 2.38. The monoisotopic (exact) mass is 584 g/mol. The zero-order valence-corrected chi connectivity index (χ0v) is 24.0. The smallest absolute Gasteiger partial charge is 0.315 e. The van der Waals surface area contributed by atoms with Crippen LogP contribution in [0.1, 0.15) is 80.6 Å². The van der Waals surface area contributed by atoms with Crippen molar-refractivity contribution in [1.29, 1.82) is 0 Å². The molecule has 6 nitrogen and oxygen atoms in total. The van der Waals surface area contributed by atoms with E-state index in [0.29, 0.717) is 51.1 Å². The normalized spacial score (nSPS) is 14.2. The SMILES string of the molecule is C=C(OCC(C)(CCCC(=O)C(C)(C)Br)C(=O)OCCCC(OCC)OCC)C(C)(C)Br. The van der Waals surface area contributed by atoms with E-state index in [4.69, 9.17) is 18.9 Å². The van der Waals surface area contributed by atoms with Crippen molar-refractivity contribution in [3.63, 3.8) is 0 Å². The summed E-state index contributed by atoms with van der Waals surface area (Å²) in [6, 6.07) is 0. The Bertz CT molecular complexity index is 588. The van der Waals surface area contributed by atoms with Crippen LogP contribution in [0, 0.1) is 5.41 Å². The molecule has 0 aliphatic carbocycles. The third kappa shape index (κ3) is 12.7. The van der Waals surface area contributed by atoms with E-state index in [0.717, 1.165) is 0 Å². The minimum absolute atomic E-state index is 0.0954. The van der Waals surface area contributed by atoms with Gasteiger partial charge in [0, 0.05) is 26.1 Å². The highest BCUT2D eigenvalue weighted by atomic mass is 79.9. The van der Waals surface area contributed by atoms with Crippen molar-refractivity contribution in [3.8, 4) is 0 Å². The summed E-state index contributed by atoms with van der Waals surface area (Å²) in [5, 5.41) is 0. The molecule has 188 valence electrons. The predicted octanol–water partition coefficient (Wildman–Crippen LogP) is 6.33. The molecule has 1 unspecified atom stereocenters. The van der Waals surface area contributed by atoms with Gasteiger partial charge in [0.15, 0.2) is 6.29 Å². The topological polar surface area (TPSA) is 71.1 Å². The number of ether oxygens (including phenoxy) is 4. The van der Waals surface area contributed by atoms with E-state index in [1.54, 1.807) is 0 Å². The molecule has 0 amide bonds. The Morgan fingerprint density at radius 2 is 1.47 bits per heavy atom. The Balaban J connectivity index is 4.97. The van der Waals surface area contributed by atoms with Gasteiger partial charge in [-0.15, -0.1) is 0 Å². The second-order valence-corrected chi connectivity index (χ2v) is 13.1. The van der Waals surface area contributed by atoms with E-state index < -0.39 is 14.1 Å². The molecule has 0 heterocycles. The van der Waals surface area contributed by atoms with Gasteiger partial charge in [-0.2, -0.15) is 0 Å². The van der Waals surface area contributed by atoms with Gasteiger partial charge in [-0.05, 0) is 67.7 Å². The number of Topliss-reactive ketones (excluding diaryl/α,β-unsaturated/α-hetero) is 1. The van der Waals surface area contributed by atoms with Gasteiger partial charge in [-0.25, -0.2) is 0 Å². The molecule has 0 rings (SSSR count). The summed E-state index contributed by atoms with van der Waals surface area (Å²) in [6.45, 7) is 18.6. The lowest BCUT2D eigenvalue weighted by atomic mass is 9.84. The molecule has 0 fully saturated rings. The summed E-state index contributed by atoms with van der Waals surface area (Å²) >= 11 is 6.92. The number of carbonyl (C=O) groups excluding carboxylic acids is 2. The molecule has 1 atom stereocenters. The molecular weight excluding hydrogens is 544 g/mol. The summed E-state index contributed by atoms with van der Waals surface area (Å²) in [5.74, 6) is 0.288. The number of allylic oxidation sites excluding steroid dienone is 1. The average molecular weight is 586 g/mol. The number of hydrogen-bond acceptors (Lipinski definition) is 6. The largest absolute Gasteiger partial charge is 0.496 e. The van der Waals surface area contributed by atoms with Crippen molar-refractivity contribution in [2.24, 2.45) is 5.41 Å². The molecule has 0 radical (unpaired) electrons. The van der Waals surface area contributed by atoms with E-state index in [-0.39, 0.29) is 31.3 Å². The molecule has 0 aromatic carbocycles. The zero-order chi connectivity index (χ0) is 25.0. The van der Waals surface area contributed by atoms with Gasteiger partial charge in [-0.1, -0.05) is 38.4 Å². The van der Waals surface area contributed by atoms with E-state index in [9.17, 15) is 9.59 Å². The van der Waals surface area contributed by atoms with Gasteiger partial charge >= 0.3 is 5.97 Å². The first-order valence-corrected chi connectivity index (χ1v) is 12.9. The first-order valence-electron chi connectivity index (χ1n) is 11.3. The summed E-state index contributed by atoms with van der Waals surface area (Å²) < 4.78 is 21.5. The molecular formula is C24H42Br2O6. The zero-order valence-electron chi connectivity index (χ0n) is 20.9. The van der Waals surface area contributed by atoms with Gasteiger partial charge in [0.05, 0.1) is 20.7 Å². The highest BCUT2D eigenvalue weighted by molar-refractivity contribution is 9.10. The van der Waals surface area contributed by atoms with Crippen LogP contribution < -0.4 is 0 Å². The molecule has 0 aliphatic rings. The molecule has 0 saturated heterocycles. The van der Waals surface area contributed by atoms with Gasteiger partial charge in [0.1, 0.15) is 18.1 Å². The summed E-state index contributed by atoms with van der Waals surface area (Å²) in [7, 11) is 0. The van der Waals surface area contributed by atoms with Gasteiger partial charge in [0.25, 0.3) is 0 Å². The molecule has 0 aromatic rings. The number of esters is 1. The third-order valence-corrected chi connectivity index (χ3v) is 5.92. The fourth-order valence-electron chi connectivity index (χ4n) is 2.76. The van der Waals surface area contributed by atoms with E-state index in [1.165, 1.54) is 0 Å². The molecule has 0 N–H and O–H groups in total. The molecule has 8 heteroatoms. The minimum atomic E-state index is -0.892. The Kier molecular flexibility index (Phi) is 14.5. The van der Waals surface area contributed by atoms with Crippen LogP contribution in [0.5, 0.6) is 0 Å². The molecule has 0 bridgehead atoms. The number of halogens is 2. The van der Waals surface area contributed by atoms with Gasteiger partial charge < -0.3 is 18.9 Å². The van der Waals surface area contributed by atoms with Gasteiger partial charge in [0.2, 0.25) is 0 Å². The average Bonchev–Trinajstić information content (AvgIpc) is 2.67. The van der Waals surface area contributed by atoms with Crippen LogP contribution in [-0.4, -0.2) is 53.1 Å². The van der Waals surface area contributed by atoms with Crippen molar-refractivity contribution < 1.29 is 28.5 Å². The molecule has 32 heavy (non-hydrogen) atoms. The molecule has 0 aromatic heterocycles. The number of hydrogen-bond donors (Lipinski definition) is 0. The van der Waals surface area contributed by atoms with Crippen LogP contribution in [0.3, 0.4) is 0 Å². The fraction of sp³-hybridized carbons (Fsp3) is 0.833.